The third-order valence-corrected chi connectivity index (χ3v) is 3.05. The number of rotatable bonds is 4. The van der Waals surface area contributed by atoms with Crippen molar-refractivity contribution in [2.75, 3.05) is 0 Å². The molecule has 0 atom stereocenters. The van der Waals surface area contributed by atoms with Crippen LogP contribution in [0.25, 0.3) is 5.57 Å². The zero-order valence-electron chi connectivity index (χ0n) is 12.0. The molecule has 26 heavy (non-hydrogen) atoms. The average Bonchev–Trinajstić information content (AvgIpc) is 3.14. The number of imidazole rings is 2. The molecule has 0 fully saturated rings. The van der Waals surface area contributed by atoms with E-state index in [4.69, 9.17) is 0 Å². The van der Waals surface area contributed by atoms with Crippen LogP contribution in [0.15, 0.2) is 30.4 Å². The van der Waals surface area contributed by atoms with Crippen molar-refractivity contribution < 1.29 is 43.9 Å². The Hall–Kier alpha value is -2.54. The van der Waals surface area contributed by atoms with Gasteiger partial charge in [-0.05, 0) is 0 Å². The average molecular weight is 396 g/mol. The van der Waals surface area contributed by atoms with E-state index in [9.17, 15) is 43.9 Å². The Balaban J connectivity index is 2.95. The number of nitrogens with one attached hydrogen (secondary N) is 2. The molecule has 0 saturated carbocycles. The number of hydrogen-bond donors (Lipinski definition) is 2. The van der Waals surface area contributed by atoms with Crippen LogP contribution in [-0.2, 0) is 5.92 Å². The molecule has 2 aromatic rings. The Bertz CT molecular complexity index is 768. The highest BCUT2D eigenvalue weighted by Gasteiger charge is 2.67. The highest BCUT2D eigenvalue weighted by molar-refractivity contribution is 5.73. The summed E-state index contributed by atoms with van der Waals surface area (Å²) in [5, 5.41) is 0. The highest BCUT2D eigenvalue weighted by Crippen LogP contribution is 2.54. The molecule has 0 bridgehead atoms. The van der Waals surface area contributed by atoms with Crippen LogP contribution in [0.1, 0.15) is 11.6 Å². The maximum Gasteiger partial charge on any atom is 0.458 e. The maximum absolute atomic E-state index is 14.3. The molecule has 0 saturated heterocycles. The lowest BCUT2D eigenvalue weighted by Crippen LogP contribution is -2.42. The van der Waals surface area contributed by atoms with Gasteiger partial charge >= 0.3 is 24.2 Å². The normalized spacial score (nSPS) is 15.2. The van der Waals surface area contributed by atoms with E-state index >= 15 is 0 Å². The SMILES string of the molecule is FC(F)(F)C(=C(c1ncc[nH]1)C(F)(F)C(F)(F)F)C(F)(F)c1ncc[nH]1. The summed E-state index contributed by atoms with van der Waals surface area (Å²) < 4.78 is 134. The lowest BCUT2D eigenvalue weighted by atomic mass is 9.94. The first-order valence-electron chi connectivity index (χ1n) is 6.35. The fourth-order valence-electron chi connectivity index (χ4n) is 2.00. The van der Waals surface area contributed by atoms with E-state index in [2.05, 4.69) is 9.97 Å². The number of aromatic nitrogens is 4. The molecule has 0 aliphatic rings. The molecule has 0 radical (unpaired) electrons. The molecule has 0 aromatic carbocycles. The van der Waals surface area contributed by atoms with Crippen molar-refractivity contribution in [1.29, 1.82) is 0 Å². The topological polar surface area (TPSA) is 57.4 Å². The first-order valence-corrected chi connectivity index (χ1v) is 6.35. The van der Waals surface area contributed by atoms with E-state index in [1.807, 2.05) is 0 Å². The zero-order chi connectivity index (χ0) is 20.0. The monoisotopic (exact) mass is 396 g/mol. The van der Waals surface area contributed by atoms with Crippen LogP contribution in [0.2, 0.25) is 0 Å². The van der Waals surface area contributed by atoms with Gasteiger partial charge in [0.15, 0.2) is 5.82 Å². The van der Waals surface area contributed by atoms with Gasteiger partial charge in [-0.1, -0.05) is 0 Å². The fraction of sp³-hybridized carbons (Fsp3) is 0.333. The Morgan fingerprint density at radius 1 is 0.769 bits per heavy atom. The minimum absolute atomic E-state index is 0.529. The number of allylic oxidation sites excluding steroid dienone is 2. The number of aromatic amines is 2. The molecule has 2 aromatic heterocycles. The van der Waals surface area contributed by atoms with Gasteiger partial charge < -0.3 is 9.97 Å². The third kappa shape index (κ3) is 3.26. The second-order valence-electron chi connectivity index (χ2n) is 4.77. The standard InChI is InChI=1S/C12H6F10N4/c13-9(14,8-25-3-4-26-8)6(11(17,18)19)5(7-23-1-2-24-7)10(15,16)12(20,21)22/h1-4H,(H,23,24)(H,25,26). The highest BCUT2D eigenvalue weighted by atomic mass is 19.4. The summed E-state index contributed by atoms with van der Waals surface area (Å²) in [6.07, 6.45) is -10.5. The molecule has 0 amide bonds. The van der Waals surface area contributed by atoms with Gasteiger partial charge in [0, 0.05) is 24.8 Å². The van der Waals surface area contributed by atoms with Crippen molar-refractivity contribution in [3.05, 3.63) is 42.0 Å². The molecule has 4 nitrogen and oxygen atoms in total. The molecule has 2 N–H and O–H groups in total. The molecule has 2 rings (SSSR count). The number of H-pyrrole nitrogens is 2. The van der Waals surface area contributed by atoms with Gasteiger partial charge in [0.1, 0.15) is 11.4 Å². The van der Waals surface area contributed by atoms with Crippen LogP contribution in [0.4, 0.5) is 43.9 Å². The van der Waals surface area contributed by atoms with Crippen molar-refractivity contribution >= 4 is 5.57 Å². The van der Waals surface area contributed by atoms with E-state index in [1.54, 1.807) is 9.97 Å². The molecule has 0 aliphatic heterocycles. The molecule has 14 heteroatoms. The Morgan fingerprint density at radius 2 is 1.31 bits per heavy atom. The summed E-state index contributed by atoms with van der Waals surface area (Å²) in [6, 6.07) is 0. The van der Waals surface area contributed by atoms with Gasteiger partial charge in [-0.25, -0.2) is 9.97 Å². The number of halogens is 10. The molecule has 0 unspecified atom stereocenters. The summed E-state index contributed by atoms with van der Waals surface area (Å²) in [6.45, 7) is 0. The molecule has 2 heterocycles. The van der Waals surface area contributed by atoms with Crippen LogP contribution in [0.3, 0.4) is 0 Å². The van der Waals surface area contributed by atoms with Crippen molar-refractivity contribution in [3.63, 3.8) is 0 Å². The van der Waals surface area contributed by atoms with E-state index in [0.717, 1.165) is 0 Å². The molecule has 0 aliphatic carbocycles. The van der Waals surface area contributed by atoms with Gasteiger partial charge in [0.2, 0.25) is 0 Å². The molecule has 144 valence electrons. The number of nitrogens with zero attached hydrogens (tertiary/aromatic N) is 2. The van der Waals surface area contributed by atoms with E-state index in [-0.39, 0.29) is 0 Å². The van der Waals surface area contributed by atoms with E-state index in [1.165, 1.54) is 0 Å². The molecule has 0 spiro atoms. The predicted molar refractivity (Wildman–Crippen MR) is 65.0 cm³/mol. The van der Waals surface area contributed by atoms with E-state index in [0.29, 0.717) is 24.8 Å². The first-order chi connectivity index (χ1) is 11.7. The summed E-state index contributed by atoms with van der Waals surface area (Å²) in [7, 11) is 0. The van der Waals surface area contributed by atoms with Gasteiger partial charge in [-0.15, -0.1) is 0 Å². The maximum atomic E-state index is 14.3. The second kappa shape index (κ2) is 6.02. The third-order valence-electron chi connectivity index (χ3n) is 3.05. The van der Waals surface area contributed by atoms with Crippen LogP contribution >= 0.6 is 0 Å². The summed E-state index contributed by atoms with van der Waals surface area (Å²) in [5.41, 5.74) is -6.50. The quantitative estimate of drug-likeness (QED) is 0.751. The fourth-order valence-corrected chi connectivity index (χ4v) is 2.00. The van der Waals surface area contributed by atoms with Gasteiger partial charge in [0.25, 0.3) is 0 Å². The van der Waals surface area contributed by atoms with Crippen molar-refractivity contribution in [2.24, 2.45) is 0 Å². The van der Waals surface area contributed by atoms with Gasteiger partial charge in [-0.3, -0.25) is 0 Å². The minimum Gasteiger partial charge on any atom is -0.345 e. The minimum atomic E-state index is -6.61. The van der Waals surface area contributed by atoms with Gasteiger partial charge in [-0.2, -0.15) is 43.9 Å². The van der Waals surface area contributed by atoms with Crippen LogP contribution < -0.4 is 0 Å². The largest absolute Gasteiger partial charge is 0.458 e. The Kier molecular flexibility index (Phi) is 4.58. The predicted octanol–water partition coefficient (Wildman–Crippen LogP) is 4.44. The first kappa shape index (κ1) is 19.8. The van der Waals surface area contributed by atoms with Crippen LogP contribution in [-0.4, -0.2) is 38.2 Å². The lowest BCUT2D eigenvalue weighted by molar-refractivity contribution is -0.255. The van der Waals surface area contributed by atoms with Gasteiger partial charge in [0.05, 0.1) is 5.57 Å². The van der Waals surface area contributed by atoms with Crippen molar-refractivity contribution in [1.82, 2.24) is 19.9 Å². The number of hydrogen-bond acceptors (Lipinski definition) is 2. The second-order valence-corrected chi connectivity index (χ2v) is 4.77. The summed E-state index contributed by atoms with van der Waals surface area (Å²) >= 11 is 0. The molecular weight excluding hydrogens is 390 g/mol. The molecular formula is C12H6F10N4. The number of alkyl halides is 10. The summed E-state index contributed by atoms with van der Waals surface area (Å²) in [5.74, 6) is -15.2. The van der Waals surface area contributed by atoms with Crippen LogP contribution in [0.5, 0.6) is 0 Å². The Morgan fingerprint density at radius 3 is 1.69 bits per heavy atom. The van der Waals surface area contributed by atoms with Crippen molar-refractivity contribution in [2.45, 2.75) is 24.2 Å². The Labute approximate surface area is 137 Å². The smallest absolute Gasteiger partial charge is 0.345 e. The zero-order valence-corrected chi connectivity index (χ0v) is 12.0. The van der Waals surface area contributed by atoms with Crippen molar-refractivity contribution in [3.8, 4) is 0 Å². The van der Waals surface area contributed by atoms with Crippen LogP contribution in [0, 0.1) is 0 Å². The van der Waals surface area contributed by atoms with E-state index < -0.39 is 47.0 Å². The lowest BCUT2D eigenvalue weighted by Gasteiger charge is -2.28. The summed E-state index contributed by atoms with van der Waals surface area (Å²) in [4.78, 5) is 8.84.